The van der Waals surface area contributed by atoms with Crippen molar-refractivity contribution in [1.29, 1.82) is 0 Å². The van der Waals surface area contributed by atoms with Crippen LogP contribution in [0.4, 0.5) is 0 Å². The standard InChI is InChI=1S/C10H26N2Si/c1-7-11-13(9-3,12-8-2)10(4,5)6/h11-12H,7-9H2,1-6H3. The van der Waals surface area contributed by atoms with Crippen molar-refractivity contribution in [3.63, 3.8) is 0 Å². The van der Waals surface area contributed by atoms with Crippen molar-refractivity contribution < 1.29 is 0 Å². The largest absolute Gasteiger partial charge is 0.325 e. The molecule has 0 aromatic heterocycles. The van der Waals surface area contributed by atoms with Crippen molar-refractivity contribution in [2.45, 2.75) is 52.6 Å². The van der Waals surface area contributed by atoms with Crippen molar-refractivity contribution in [2.24, 2.45) is 0 Å². The number of hydrogen-bond acceptors (Lipinski definition) is 2. The fourth-order valence-electron chi connectivity index (χ4n) is 1.98. The molecule has 0 aliphatic carbocycles. The van der Waals surface area contributed by atoms with Crippen LogP contribution in [0.25, 0.3) is 0 Å². The molecule has 0 bridgehead atoms. The van der Waals surface area contributed by atoms with Crippen molar-refractivity contribution in [3.05, 3.63) is 0 Å². The molecule has 2 N–H and O–H groups in total. The lowest BCUT2D eigenvalue weighted by Gasteiger charge is -2.43. The van der Waals surface area contributed by atoms with Crippen LogP contribution in [0.1, 0.15) is 41.5 Å². The minimum Gasteiger partial charge on any atom is -0.325 e. The molecule has 3 heteroatoms. The third-order valence-corrected chi connectivity index (χ3v) is 8.30. The Morgan fingerprint density at radius 1 is 0.923 bits per heavy atom. The van der Waals surface area contributed by atoms with Crippen molar-refractivity contribution in [2.75, 3.05) is 13.1 Å². The topological polar surface area (TPSA) is 24.1 Å². The molecule has 80 valence electrons. The Bertz CT molecular complexity index is 134. The Kier molecular flexibility index (Phi) is 5.18. The van der Waals surface area contributed by atoms with E-state index in [1.165, 1.54) is 6.04 Å². The van der Waals surface area contributed by atoms with Crippen LogP contribution in [0.3, 0.4) is 0 Å². The molecule has 0 aromatic carbocycles. The molecule has 0 spiro atoms. The highest BCUT2D eigenvalue weighted by atomic mass is 28.3. The molecule has 0 radical (unpaired) electrons. The molecule has 0 heterocycles. The molecular formula is C10H26N2Si. The zero-order chi connectivity index (χ0) is 10.5. The summed E-state index contributed by atoms with van der Waals surface area (Å²) in [6.45, 7) is 15.9. The molecule has 13 heavy (non-hydrogen) atoms. The fourth-order valence-corrected chi connectivity index (χ4v) is 5.93. The first kappa shape index (κ1) is 13.1. The van der Waals surface area contributed by atoms with E-state index in [0.29, 0.717) is 5.04 Å². The summed E-state index contributed by atoms with van der Waals surface area (Å²) in [6, 6.07) is 1.25. The Hall–Kier alpha value is 0.137. The average Bonchev–Trinajstić information content (AvgIpc) is 2.02. The van der Waals surface area contributed by atoms with Gasteiger partial charge in [0.05, 0.1) is 0 Å². The molecule has 0 aromatic rings. The van der Waals surface area contributed by atoms with E-state index in [2.05, 4.69) is 51.5 Å². The molecule has 0 saturated heterocycles. The van der Waals surface area contributed by atoms with Crippen LogP contribution in [-0.4, -0.2) is 21.5 Å². The smallest absolute Gasteiger partial charge is 0.206 e. The molecule has 0 rings (SSSR count). The zero-order valence-corrected chi connectivity index (χ0v) is 11.1. The highest BCUT2D eigenvalue weighted by Gasteiger charge is 2.42. The molecule has 0 atom stereocenters. The van der Waals surface area contributed by atoms with Crippen LogP contribution in [0.2, 0.25) is 11.1 Å². The third kappa shape index (κ3) is 3.08. The van der Waals surface area contributed by atoms with E-state index >= 15 is 0 Å². The SMILES string of the molecule is CCN[Si](CC)(NCC)C(C)(C)C. The third-order valence-electron chi connectivity index (χ3n) is 2.77. The summed E-state index contributed by atoms with van der Waals surface area (Å²) in [4.78, 5) is 7.43. The van der Waals surface area contributed by atoms with E-state index in [1.54, 1.807) is 0 Å². The highest BCUT2D eigenvalue weighted by Crippen LogP contribution is 2.34. The Morgan fingerprint density at radius 3 is 1.46 bits per heavy atom. The molecule has 0 aliphatic heterocycles. The summed E-state index contributed by atoms with van der Waals surface area (Å²) in [5.41, 5.74) is 0. The van der Waals surface area contributed by atoms with Crippen LogP contribution in [0.5, 0.6) is 0 Å². The maximum atomic E-state index is 3.71. The first-order chi connectivity index (χ1) is 5.93. The Labute approximate surface area is 84.7 Å². The molecule has 0 aliphatic rings. The predicted molar refractivity (Wildman–Crippen MR) is 63.3 cm³/mol. The molecule has 0 fully saturated rings. The predicted octanol–water partition coefficient (Wildman–Crippen LogP) is 2.47. The van der Waals surface area contributed by atoms with Gasteiger partial charge in [-0.1, -0.05) is 41.5 Å². The van der Waals surface area contributed by atoms with Crippen molar-refractivity contribution in [3.8, 4) is 0 Å². The van der Waals surface area contributed by atoms with Gasteiger partial charge in [0.25, 0.3) is 0 Å². The first-order valence-corrected chi connectivity index (χ1v) is 7.64. The highest BCUT2D eigenvalue weighted by molar-refractivity contribution is 6.77. The lowest BCUT2D eigenvalue weighted by atomic mass is 10.2. The summed E-state index contributed by atoms with van der Waals surface area (Å²) < 4.78 is 0. The summed E-state index contributed by atoms with van der Waals surface area (Å²) in [5.74, 6) is 0. The van der Waals surface area contributed by atoms with E-state index < -0.39 is 8.40 Å². The maximum absolute atomic E-state index is 3.71. The fraction of sp³-hybridized carbons (Fsp3) is 1.00. The van der Waals surface area contributed by atoms with Crippen LogP contribution >= 0.6 is 0 Å². The van der Waals surface area contributed by atoms with Gasteiger partial charge in [-0.05, 0) is 24.2 Å². The van der Waals surface area contributed by atoms with Gasteiger partial charge in [-0.3, -0.25) is 0 Å². The van der Waals surface area contributed by atoms with Crippen LogP contribution in [-0.2, 0) is 0 Å². The van der Waals surface area contributed by atoms with Crippen LogP contribution in [0.15, 0.2) is 0 Å². The molecular weight excluding hydrogens is 176 g/mol. The lowest BCUT2D eigenvalue weighted by Crippen LogP contribution is -2.67. The summed E-state index contributed by atoms with van der Waals surface area (Å²) in [6.07, 6.45) is 0. The summed E-state index contributed by atoms with van der Waals surface area (Å²) >= 11 is 0. The maximum Gasteiger partial charge on any atom is 0.206 e. The summed E-state index contributed by atoms with van der Waals surface area (Å²) in [5, 5.41) is 0.383. The van der Waals surface area contributed by atoms with Gasteiger partial charge in [0.15, 0.2) is 0 Å². The summed E-state index contributed by atoms with van der Waals surface area (Å²) in [7, 11) is -1.47. The Balaban J connectivity index is 4.64. The van der Waals surface area contributed by atoms with Gasteiger partial charge in [-0.2, -0.15) is 0 Å². The van der Waals surface area contributed by atoms with Gasteiger partial charge in [-0.25, -0.2) is 0 Å². The number of rotatable bonds is 5. The molecule has 0 saturated carbocycles. The molecule has 0 unspecified atom stereocenters. The van der Waals surface area contributed by atoms with Gasteiger partial charge < -0.3 is 9.96 Å². The molecule has 0 amide bonds. The quantitative estimate of drug-likeness (QED) is 0.669. The Morgan fingerprint density at radius 2 is 1.31 bits per heavy atom. The molecule has 2 nitrogen and oxygen atoms in total. The lowest BCUT2D eigenvalue weighted by molar-refractivity contribution is 0.639. The van der Waals surface area contributed by atoms with Gasteiger partial charge in [-0.15, -0.1) is 0 Å². The van der Waals surface area contributed by atoms with Gasteiger partial charge >= 0.3 is 0 Å². The van der Waals surface area contributed by atoms with Crippen molar-refractivity contribution >= 4 is 8.40 Å². The zero-order valence-electron chi connectivity index (χ0n) is 10.1. The first-order valence-electron chi connectivity index (χ1n) is 5.43. The number of hydrogen-bond donors (Lipinski definition) is 2. The van der Waals surface area contributed by atoms with Gasteiger partial charge in [0, 0.05) is 0 Å². The van der Waals surface area contributed by atoms with Crippen molar-refractivity contribution in [1.82, 2.24) is 9.96 Å². The second kappa shape index (κ2) is 5.13. The van der Waals surface area contributed by atoms with Gasteiger partial charge in [0.1, 0.15) is 0 Å². The monoisotopic (exact) mass is 202 g/mol. The second-order valence-electron chi connectivity index (χ2n) is 4.57. The van der Waals surface area contributed by atoms with Gasteiger partial charge in [0.2, 0.25) is 8.40 Å². The van der Waals surface area contributed by atoms with E-state index in [0.717, 1.165) is 13.1 Å². The minimum absolute atomic E-state index is 0.383. The minimum atomic E-state index is -1.47. The van der Waals surface area contributed by atoms with Crippen LogP contribution in [0, 0.1) is 0 Å². The van der Waals surface area contributed by atoms with E-state index in [-0.39, 0.29) is 0 Å². The average molecular weight is 202 g/mol. The van der Waals surface area contributed by atoms with E-state index in [1.807, 2.05) is 0 Å². The normalized spacial score (nSPS) is 13.4. The van der Waals surface area contributed by atoms with Crippen LogP contribution < -0.4 is 9.96 Å². The second-order valence-corrected chi connectivity index (χ2v) is 9.29. The van der Waals surface area contributed by atoms with E-state index in [4.69, 9.17) is 0 Å². The van der Waals surface area contributed by atoms with E-state index in [9.17, 15) is 0 Å². The number of nitrogens with one attached hydrogen (secondary N) is 2.